The van der Waals surface area contributed by atoms with Gasteiger partial charge in [0.25, 0.3) is 0 Å². The second-order valence-corrected chi connectivity index (χ2v) is 6.41. The van der Waals surface area contributed by atoms with Gasteiger partial charge in [0.15, 0.2) is 0 Å². The first kappa shape index (κ1) is 13.3. The number of amides is 1. The van der Waals surface area contributed by atoms with Gasteiger partial charge in [-0.15, -0.1) is 23.4 Å². The van der Waals surface area contributed by atoms with Crippen LogP contribution < -0.4 is 10.6 Å². The van der Waals surface area contributed by atoms with Crippen LogP contribution in [0.2, 0.25) is 5.02 Å². The van der Waals surface area contributed by atoms with Crippen molar-refractivity contribution in [3.8, 4) is 0 Å². The number of rotatable bonds is 2. The highest BCUT2D eigenvalue weighted by molar-refractivity contribution is 8.09. The fourth-order valence-electron chi connectivity index (χ4n) is 2.24. The Bertz CT molecular complexity index is 532. The predicted molar refractivity (Wildman–Crippen MR) is 80.4 cm³/mol. The number of alkyl halides is 1. The van der Waals surface area contributed by atoms with Gasteiger partial charge in [0.2, 0.25) is 5.91 Å². The molecule has 3 atom stereocenters. The third kappa shape index (κ3) is 2.63. The first-order chi connectivity index (χ1) is 9.17. The quantitative estimate of drug-likeness (QED) is 0.824. The van der Waals surface area contributed by atoms with E-state index in [1.165, 1.54) is 0 Å². The topological polar surface area (TPSA) is 41.1 Å². The molecule has 2 N–H and O–H groups in total. The maximum absolute atomic E-state index is 12.0. The highest BCUT2D eigenvalue weighted by atomic mass is 35.5. The van der Waals surface area contributed by atoms with Gasteiger partial charge in [-0.25, -0.2) is 0 Å². The Hall–Kier alpha value is -0.680. The van der Waals surface area contributed by atoms with E-state index in [0.717, 1.165) is 10.5 Å². The number of fused-ring (bicyclic) bond motifs is 1. The maximum Gasteiger partial charge on any atom is 0.236 e. The Morgan fingerprint density at radius 3 is 2.68 bits per heavy atom. The molecule has 0 aliphatic carbocycles. The Labute approximate surface area is 125 Å². The third-order valence-corrected chi connectivity index (χ3v) is 5.11. The van der Waals surface area contributed by atoms with Gasteiger partial charge in [-0.1, -0.05) is 29.8 Å². The molecule has 0 aromatic heterocycles. The average Bonchev–Trinajstić information content (AvgIpc) is 2.84. The van der Waals surface area contributed by atoms with Crippen molar-refractivity contribution in [2.75, 3.05) is 5.88 Å². The van der Waals surface area contributed by atoms with Crippen LogP contribution in [0.5, 0.6) is 0 Å². The van der Waals surface area contributed by atoms with E-state index in [4.69, 9.17) is 23.2 Å². The minimum absolute atomic E-state index is 0.0354. The smallest absolute Gasteiger partial charge is 0.236 e. The van der Waals surface area contributed by atoms with Gasteiger partial charge in [0.05, 0.1) is 12.0 Å². The third-order valence-electron chi connectivity index (χ3n) is 3.16. The summed E-state index contributed by atoms with van der Waals surface area (Å²) in [5.74, 6) is 0.406. The van der Waals surface area contributed by atoms with Gasteiger partial charge >= 0.3 is 0 Å². The number of hydrogen-bond acceptors (Lipinski definition) is 3. The van der Waals surface area contributed by atoms with Crippen LogP contribution in [0, 0.1) is 0 Å². The fraction of sp³-hybridized carbons (Fsp3) is 0.308. The zero-order chi connectivity index (χ0) is 13.4. The zero-order valence-electron chi connectivity index (χ0n) is 9.90. The molecule has 0 bridgehead atoms. The Kier molecular flexibility index (Phi) is 3.76. The molecule has 2 heterocycles. The van der Waals surface area contributed by atoms with Crippen LogP contribution >= 0.6 is 35.0 Å². The van der Waals surface area contributed by atoms with E-state index < -0.39 is 0 Å². The molecule has 3 unspecified atom stereocenters. The lowest BCUT2D eigenvalue weighted by Crippen LogP contribution is -2.62. The molecule has 0 spiro atoms. The molecule has 1 amide bonds. The molecule has 19 heavy (non-hydrogen) atoms. The fourth-order valence-corrected chi connectivity index (χ4v) is 3.78. The maximum atomic E-state index is 12.0. The molecule has 3 nitrogen and oxygen atoms in total. The number of thioether (sulfide) groups is 1. The Balaban J connectivity index is 1.83. The van der Waals surface area contributed by atoms with Crippen molar-refractivity contribution in [2.24, 2.45) is 0 Å². The summed E-state index contributed by atoms with van der Waals surface area (Å²) in [4.78, 5) is 13.1. The molecule has 1 fully saturated rings. The lowest BCUT2D eigenvalue weighted by Gasteiger charge is -2.31. The summed E-state index contributed by atoms with van der Waals surface area (Å²) in [5.41, 5.74) is 1.08. The van der Waals surface area contributed by atoms with E-state index in [1.807, 2.05) is 24.3 Å². The van der Waals surface area contributed by atoms with Crippen LogP contribution in [0.1, 0.15) is 5.56 Å². The Morgan fingerprint density at radius 1 is 1.26 bits per heavy atom. The van der Waals surface area contributed by atoms with Gasteiger partial charge < -0.3 is 5.32 Å². The van der Waals surface area contributed by atoms with Crippen molar-refractivity contribution >= 4 is 45.8 Å². The molecule has 1 aromatic rings. The second-order valence-electron chi connectivity index (χ2n) is 4.48. The zero-order valence-corrected chi connectivity index (χ0v) is 12.2. The number of carbonyl (C=O) groups is 1. The predicted octanol–water partition coefficient (Wildman–Crippen LogP) is 2.45. The van der Waals surface area contributed by atoms with Crippen molar-refractivity contribution in [3.63, 3.8) is 0 Å². The molecule has 1 aromatic carbocycles. The van der Waals surface area contributed by atoms with E-state index in [0.29, 0.717) is 10.9 Å². The highest BCUT2D eigenvalue weighted by Gasteiger charge is 2.39. The molecular formula is C13H12Cl2N2OS. The molecule has 1 saturated heterocycles. The number of benzene rings is 1. The number of nitrogens with one attached hydrogen (secondary N) is 2. The van der Waals surface area contributed by atoms with Crippen molar-refractivity contribution in [3.05, 3.63) is 40.9 Å². The molecular weight excluding hydrogens is 303 g/mol. The summed E-state index contributed by atoms with van der Waals surface area (Å²) >= 11 is 13.2. The molecule has 3 rings (SSSR count). The number of halogens is 2. The monoisotopic (exact) mass is 314 g/mol. The van der Waals surface area contributed by atoms with E-state index >= 15 is 0 Å². The molecule has 100 valence electrons. The van der Waals surface area contributed by atoms with Crippen LogP contribution in [-0.2, 0) is 4.79 Å². The minimum atomic E-state index is -0.156. The van der Waals surface area contributed by atoms with Crippen LogP contribution in [0.4, 0.5) is 0 Å². The lowest BCUT2D eigenvalue weighted by molar-refractivity contribution is -0.123. The lowest BCUT2D eigenvalue weighted by atomic mass is 10.1. The summed E-state index contributed by atoms with van der Waals surface area (Å²) in [5, 5.41) is 6.77. The van der Waals surface area contributed by atoms with Crippen LogP contribution in [0.25, 0.3) is 4.91 Å². The first-order valence-corrected chi connectivity index (χ1v) is 7.73. The molecule has 0 saturated carbocycles. The summed E-state index contributed by atoms with van der Waals surface area (Å²) in [6.07, 6.45) is 1.94. The van der Waals surface area contributed by atoms with Gasteiger partial charge in [-0.2, -0.15) is 0 Å². The van der Waals surface area contributed by atoms with Gasteiger partial charge in [0, 0.05) is 16.0 Å². The average molecular weight is 315 g/mol. The molecule has 2 aliphatic heterocycles. The van der Waals surface area contributed by atoms with Crippen LogP contribution in [0.15, 0.2) is 30.3 Å². The van der Waals surface area contributed by atoms with Gasteiger partial charge in [-0.05, 0) is 17.7 Å². The largest absolute Gasteiger partial charge is 0.338 e. The molecule has 6 heteroatoms. The SMILES string of the molecule is O=C1NC(CCl)NC2C=C(c3ccc(Cl)cc3)SC12. The van der Waals surface area contributed by atoms with Crippen LogP contribution in [0.3, 0.4) is 0 Å². The molecule has 0 radical (unpaired) electrons. The van der Waals surface area contributed by atoms with E-state index in [1.54, 1.807) is 11.8 Å². The summed E-state index contributed by atoms with van der Waals surface area (Å²) in [7, 11) is 0. The van der Waals surface area contributed by atoms with E-state index in [2.05, 4.69) is 16.7 Å². The minimum Gasteiger partial charge on any atom is -0.338 e. The Morgan fingerprint density at radius 2 is 2.00 bits per heavy atom. The standard InChI is InChI=1S/C13H12Cl2N2OS/c14-6-11-16-9-5-10(19-12(9)13(18)17-11)7-1-3-8(15)4-2-7/h1-5,9,11-12,16H,6H2,(H,17,18). The number of hydrogen-bond donors (Lipinski definition) is 2. The van der Waals surface area contributed by atoms with Gasteiger partial charge in [0.1, 0.15) is 5.25 Å². The normalized spacial score (nSPS) is 29.7. The summed E-state index contributed by atoms with van der Waals surface area (Å²) in [6, 6.07) is 7.68. The van der Waals surface area contributed by atoms with E-state index in [-0.39, 0.29) is 23.4 Å². The second kappa shape index (κ2) is 5.37. The molecule has 2 aliphatic rings. The first-order valence-electron chi connectivity index (χ1n) is 5.94. The van der Waals surface area contributed by atoms with Crippen molar-refractivity contribution in [2.45, 2.75) is 17.5 Å². The number of carbonyl (C=O) groups excluding carboxylic acids is 1. The highest BCUT2D eigenvalue weighted by Crippen LogP contribution is 2.40. The summed E-state index contributed by atoms with van der Waals surface area (Å²) in [6.45, 7) is 0. The van der Waals surface area contributed by atoms with Crippen LogP contribution in [-0.4, -0.2) is 29.2 Å². The van der Waals surface area contributed by atoms with Crippen molar-refractivity contribution in [1.82, 2.24) is 10.6 Å². The van der Waals surface area contributed by atoms with E-state index in [9.17, 15) is 4.79 Å². The van der Waals surface area contributed by atoms with Gasteiger partial charge in [-0.3, -0.25) is 10.1 Å². The van der Waals surface area contributed by atoms with Crippen molar-refractivity contribution < 1.29 is 4.79 Å². The summed E-state index contributed by atoms with van der Waals surface area (Å²) < 4.78 is 0. The van der Waals surface area contributed by atoms with Crippen molar-refractivity contribution in [1.29, 1.82) is 0 Å².